The summed E-state index contributed by atoms with van der Waals surface area (Å²) < 4.78 is 29.5. The molecule has 5 heterocycles. The first-order valence-corrected chi connectivity index (χ1v) is 12.5. The Morgan fingerprint density at radius 2 is 1.80 bits per heavy atom. The van der Waals surface area contributed by atoms with Gasteiger partial charge in [0.2, 0.25) is 10.0 Å². The molecule has 0 N–H and O–H groups in total. The highest BCUT2D eigenvalue weighted by molar-refractivity contribution is 7.89. The van der Waals surface area contributed by atoms with E-state index < -0.39 is 10.0 Å². The molecule has 0 bridgehead atoms. The molecule has 0 spiro atoms. The molecular formula is C20H23N5O3S2. The quantitative estimate of drug-likeness (QED) is 0.616. The molecule has 30 heavy (non-hydrogen) atoms. The van der Waals surface area contributed by atoms with E-state index in [9.17, 15) is 13.2 Å². The summed E-state index contributed by atoms with van der Waals surface area (Å²) in [6.07, 6.45) is 5.26. The molecule has 0 aliphatic carbocycles. The van der Waals surface area contributed by atoms with Gasteiger partial charge in [-0.15, -0.1) is 21.5 Å². The molecule has 0 atom stereocenters. The molecule has 0 radical (unpaired) electrons. The molecule has 0 aromatic carbocycles. The normalized spacial score (nSPS) is 19.0. The van der Waals surface area contributed by atoms with E-state index in [2.05, 4.69) is 10.2 Å². The SMILES string of the molecule is O=C(c1sccc1S(=O)(=O)N1CCCC1)N1CCC(c2nnc3ccccn23)CC1. The smallest absolute Gasteiger partial charge is 0.265 e. The Kier molecular flexibility index (Phi) is 5.08. The number of amides is 1. The summed E-state index contributed by atoms with van der Waals surface area (Å²) in [7, 11) is -3.61. The van der Waals surface area contributed by atoms with Gasteiger partial charge in [-0.25, -0.2) is 8.42 Å². The zero-order valence-corrected chi connectivity index (χ0v) is 18.1. The van der Waals surface area contributed by atoms with Crippen molar-refractivity contribution in [2.45, 2.75) is 36.5 Å². The summed E-state index contributed by atoms with van der Waals surface area (Å²) in [5.41, 5.74) is 0.821. The second-order valence-electron chi connectivity index (χ2n) is 7.78. The number of carbonyl (C=O) groups is 1. The Bertz CT molecular complexity index is 1170. The van der Waals surface area contributed by atoms with Crippen molar-refractivity contribution >= 4 is 32.9 Å². The van der Waals surface area contributed by atoms with Gasteiger partial charge < -0.3 is 4.90 Å². The number of pyridine rings is 1. The van der Waals surface area contributed by atoms with Crippen molar-refractivity contribution in [2.24, 2.45) is 0 Å². The van der Waals surface area contributed by atoms with E-state index in [1.807, 2.05) is 28.8 Å². The molecule has 0 unspecified atom stereocenters. The highest BCUT2D eigenvalue weighted by Gasteiger charge is 2.34. The summed E-state index contributed by atoms with van der Waals surface area (Å²) in [6.45, 7) is 2.21. The van der Waals surface area contributed by atoms with E-state index in [1.54, 1.807) is 16.3 Å². The van der Waals surface area contributed by atoms with Crippen molar-refractivity contribution < 1.29 is 13.2 Å². The number of thiophene rings is 1. The van der Waals surface area contributed by atoms with Crippen LogP contribution in [-0.4, -0.2) is 64.3 Å². The second kappa shape index (κ2) is 7.75. The van der Waals surface area contributed by atoms with Crippen molar-refractivity contribution in [1.29, 1.82) is 0 Å². The molecule has 2 aliphatic heterocycles. The Hall–Kier alpha value is -2.30. The lowest BCUT2D eigenvalue weighted by molar-refractivity contribution is 0.0712. The standard InChI is InChI=1S/C20H23N5O3S2/c26-20(18-16(8-14-29-18)30(27,28)24-9-3-4-10-24)23-12-6-15(7-13-23)19-22-21-17-5-1-2-11-25(17)19/h1-2,5,8,11,14-15H,3-4,6-7,9-10,12-13H2. The predicted molar refractivity (Wildman–Crippen MR) is 113 cm³/mol. The first kappa shape index (κ1) is 19.7. The Morgan fingerprint density at radius 1 is 1.03 bits per heavy atom. The van der Waals surface area contributed by atoms with E-state index in [0.29, 0.717) is 31.1 Å². The minimum atomic E-state index is -3.61. The minimum Gasteiger partial charge on any atom is -0.338 e. The third-order valence-electron chi connectivity index (χ3n) is 5.99. The maximum Gasteiger partial charge on any atom is 0.265 e. The maximum absolute atomic E-state index is 13.2. The van der Waals surface area contributed by atoms with Gasteiger partial charge in [0.05, 0.1) is 0 Å². The van der Waals surface area contributed by atoms with Crippen LogP contribution in [0.1, 0.15) is 47.1 Å². The molecule has 2 saturated heterocycles. The average molecular weight is 446 g/mol. The first-order valence-electron chi connectivity index (χ1n) is 10.2. The van der Waals surface area contributed by atoms with Crippen molar-refractivity contribution in [3.05, 3.63) is 46.5 Å². The van der Waals surface area contributed by atoms with Crippen LogP contribution in [0, 0.1) is 0 Å². The minimum absolute atomic E-state index is 0.157. The summed E-state index contributed by atoms with van der Waals surface area (Å²) >= 11 is 1.21. The van der Waals surface area contributed by atoms with Crippen molar-refractivity contribution in [3.63, 3.8) is 0 Å². The van der Waals surface area contributed by atoms with E-state index in [1.165, 1.54) is 15.6 Å². The number of aromatic nitrogens is 3. The Labute approximate surface area is 179 Å². The molecule has 3 aromatic rings. The Balaban J connectivity index is 1.32. The molecule has 10 heteroatoms. The number of piperidine rings is 1. The highest BCUT2D eigenvalue weighted by Crippen LogP contribution is 2.32. The monoisotopic (exact) mass is 445 g/mol. The zero-order valence-electron chi connectivity index (χ0n) is 16.5. The molecule has 0 saturated carbocycles. The van der Waals surface area contributed by atoms with Crippen LogP contribution in [0.25, 0.3) is 5.65 Å². The second-order valence-corrected chi connectivity index (χ2v) is 10.6. The summed E-state index contributed by atoms with van der Waals surface area (Å²) in [5, 5.41) is 10.3. The molecular weight excluding hydrogens is 422 g/mol. The Morgan fingerprint density at radius 3 is 2.57 bits per heavy atom. The predicted octanol–water partition coefficient (Wildman–Crippen LogP) is 2.60. The average Bonchev–Trinajstić information content (AvgIpc) is 3.54. The van der Waals surface area contributed by atoms with Gasteiger partial charge in [-0.1, -0.05) is 6.07 Å². The van der Waals surface area contributed by atoms with Gasteiger partial charge in [0.15, 0.2) is 5.65 Å². The summed E-state index contributed by atoms with van der Waals surface area (Å²) in [4.78, 5) is 15.4. The molecule has 2 aliphatic rings. The molecule has 158 valence electrons. The van der Waals surface area contributed by atoms with Crippen molar-refractivity contribution in [2.75, 3.05) is 26.2 Å². The van der Waals surface area contributed by atoms with Gasteiger partial charge in [0, 0.05) is 38.3 Å². The first-order chi connectivity index (χ1) is 14.6. The van der Waals surface area contributed by atoms with Crippen LogP contribution in [0.15, 0.2) is 40.7 Å². The number of likely N-dealkylation sites (tertiary alicyclic amines) is 1. The number of hydrogen-bond donors (Lipinski definition) is 0. The van der Waals surface area contributed by atoms with Crippen LogP contribution in [-0.2, 0) is 10.0 Å². The summed E-state index contributed by atoms with van der Waals surface area (Å²) in [5.74, 6) is 0.959. The molecule has 1 amide bonds. The third-order valence-corrected chi connectivity index (χ3v) is 8.97. The molecule has 3 aromatic heterocycles. The summed E-state index contributed by atoms with van der Waals surface area (Å²) in [6, 6.07) is 7.39. The number of nitrogens with zero attached hydrogens (tertiary/aromatic N) is 5. The highest BCUT2D eigenvalue weighted by atomic mass is 32.2. The van der Waals surface area contributed by atoms with Gasteiger partial charge in [-0.05, 0) is 49.3 Å². The number of rotatable bonds is 4. The molecule has 5 rings (SSSR count). The zero-order chi connectivity index (χ0) is 20.7. The van der Waals surface area contributed by atoms with Gasteiger partial charge in [0.1, 0.15) is 15.6 Å². The van der Waals surface area contributed by atoms with E-state index in [0.717, 1.165) is 37.2 Å². The van der Waals surface area contributed by atoms with Crippen molar-refractivity contribution in [3.8, 4) is 0 Å². The fraction of sp³-hybridized carbons (Fsp3) is 0.450. The number of carbonyl (C=O) groups excluding carboxylic acids is 1. The lowest BCUT2D eigenvalue weighted by Gasteiger charge is -2.31. The van der Waals surface area contributed by atoms with E-state index in [-0.39, 0.29) is 16.7 Å². The fourth-order valence-electron chi connectivity index (χ4n) is 4.35. The van der Waals surface area contributed by atoms with Gasteiger partial charge in [-0.2, -0.15) is 4.31 Å². The lowest BCUT2D eigenvalue weighted by atomic mass is 9.96. The third kappa shape index (κ3) is 3.32. The van der Waals surface area contributed by atoms with Crippen LogP contribution in [0.2, 0.25) is 0 Å². The topological polar surface area (TPSA) is 87.9 Å². The fourth-order valence-corrected chi connectivity index (χ4v) is 7.23. The van der Waals surface area contributed by atoms with Crippen LogP contribution in [0.3, 0.4) is 0 Å². The molecule has 8 nitrogen and oxygen atoms in total. The van der Waals surface area contributed by atoms with Gasteiger partial charge in [-0.3, -0.25) is 9.20 Å². The van der Waals surface area contributed by atoms with Crippen LogP contribution < -0.4 is 0 Å². The number of hydrogen-bond acceptors (Lipinski definition) is 6. The van der Waals surface area contributed by atoms with E-state index >= 15 is 0 Å². The van der Waals surface area contributed by atoms with E-state index in [4.69, 9.17) is 0 Å². The molecule has 2 fully saturated rings. The van der Waals surface area contributed by atoms with Crippen LogP contribution in [0.5, 0.6) is 0 Å². The van der Waals surface area contributed by atoms with Crippen LogP contribution in [0.4, 0.5) is 0 Å². The number of sulfonamides is 1. The maximum atomic E-state index is 13.2. The van der Waals surface area contributed by atoms with Gasteiger partial charge >= 0.3 is 0 Å². The van der Waals surface area contributed by atoms with Gasteiger partial charge in [0.25, 0.3) is 5.91 Å². The van der Waals surface area contributed by atoms with Crippen molar-refractivity contribution in [1.82, 2.24) is 23.8 Å². The van der Waals surface area contributed by atoms with Crippen LogP contribution >= 0.6 is 11.3 Å². The lowest BCUT2D eigenvalue weighted by Crippen LogP contribution is -2.39. The number of fused-ring (bicyclic) bond motifs is 1. The largest absolute Gasteiger partial charge is 0.338 e.